The Balaban J connectivity index is 1.75. The molecule has 0 unspecified atom stereocenters. The Morgan fingerprint density at radius 3 is 2.65 bits per heavy atom. The van der Waals surface area contributed by atoms with Crippen LogP contribution in [0.4, 0.5) is 5.69 Å². The van der Waals surface area contributed by atoms with E-state index < -0.39 is 5.97 Å². The van der Waals surface area contributed by atoms with Crippen LogP contribution >= 0.6 is 0 Å². The van der Waals surface area contributed by atoms with Gasteiger partial charge in [0.15, 0.2) is 6.61 Å². The van der Waals surface area contributed by atoms with Crippen molar-refractivity contribution in [3.63, 3.8) is 0 Å². The standard InChI is InChI=1S/C20H18N2O4/c1-25-20(24)17-4-2-6-18-16(17)5-3-11-22(18)19(23)13-26-15-9-7-14(12-21)8-10-15/h2,4,6-10H,3,5,11,13H2,1H3. The first-order valence-corrected chi connectivity index (χ1v) is 8.27. The van der Waals surface area contributed by atoms with E-state index in [-0.39, 0.29) is 12.5 Å². The quantitative estimate of drug-likeness (QED) is 0.792. The maximum absolute atomic E-state index is 12.6. The van der Waals surface area contributed by atoms with Crippen molar-refractivity contribution < 1.29 is 19.1 Å². The van der Waals surface area contributed by atoms with Gasteiger partial charge in [-0.1, -0.05) is 6.07 Å². The molecule has 0 aliphatic carbocycles. The van der Waals surface area contributed by atoms with Gasteiger partial charge >= 0.3 is 5.97 Å². The van der Waals surface area contributed by atoms with E-state index in [1.165, 1.54) is 7.11 Å². The third kappa shape index (κ3) is 3.52. The Hall–Kier alpha value is -3.33. The highest BCUT2D eigenvalue weighted by Crippen LogP contribution is 2.30. The summed E-state index contributed by atoms with van der Waals surface area (Å²) in [7, 11) is 1.35. The number of anilines is 1. The largest absolute Gasteiger partial charge is 0.484 e. The summed E-state index contributed by atoms with van der Waals surface area (Å²) in [6.07, 6.45) is 1.49. The van der Waals surface area contributed by atoms with Crippen LogP contribution in [0, 0.1) is 11.3 Å². The van der Waals surface area contributed by atoms with E-state index >= 15 is 0 Å². The second kappa shape index (κ2) is 7.70. The van der Waals surface area contributed by atoms with Crippen molar-refractivity contribution in [3.8, 4) is 11.8 Å². The highest BCUT2D eigenvalue weighted by molar-refractivity contribution is 5.99. The van der Waals surface area contributed by atoms with Gasteiger partial charge in [-0.15, -0.1) is 0 Å². The van der Waals surface area contributed by atoms with E-state index in [0.717, 1.165) is 24.1 Å². The molecular weight excluding hydrogens is 332 g/mol. The SMILES string of the molecule is COC(=O)c1cccc2c1CCCN2C(=O)COc1ccc(C#N)cc1. The number of nitriles is 1. The Labute approximate surface area is 151 Å². The number of hydrogen-bond donors (Lipinski definition) is 0. The van der Waals surface area contributed by atoms with Crippen LogP contribution in [0.3, 0.4) is 0 Å². The predicted octanol–water partition coefficient (Wildman–Crippen LogP) is 2.70. The molecule has 132 valence electrons. The van der Waals surface area contributed by atoms with Gasteiger partial charge in [0, 0.05) is 12.2 Å². The molecule has 0 radical (unpaired) electrons. The van der Waals surface area contributed by atoms with Crippen LogP contribution in [-0.2, 0) is 16.0 Å². The lowest BCUT2D eigenvalue weighted by atomic mass is 9.96. The van der Waals surface area contributed by atoms with Gasteiger partial charge in [0.2, 0.25) is 0 Å². The summed E-state index contributed by atoms with van der Waals surface area (Å²) < 4.78 is 10.4. The van der Waals surface area contributed by atoms with E-state index in [2.05, 4.69) is 0 Å². The lowest BCUT2D eigenvalue weighted by molar-refractivity contribution is -0.120. The lowest BCUT2D eigenvalue weighted by Crippen LogP contribution is -2.39. The third-order valence-corrected chi connectivity index (χ3v) is 4.30. The number of nitrogens with zero attached hydrogens (tertiary/aromatic N) is 2. The van der Waals surface area contributed by atoms with Crippen molar-refractivity contribution >= 4 is 17.6 Å². The molecule has 0 atom stereocenters. The fourth-order valence-electron chi connectivity index (χ4n) is 3.03. The molecule has 26 heavy (non-hydrogen) atoms. The molecule has 6 heteroatoms. The van der Waals surface area contributed by atoms with Crippen LogP contribution in [-0.4, -0.2) is 32.1 Å². The number of carbonyl (C=O) groups is 2. The smallest absolute Gasteiger partial charge is 0.338 e. The predicted molar refractivity (Wildman–Crippen MR) is 95.1 cm³/mol. The van der Waals surface area contributed by atoms with Crippen LogP contribution < -0.4 is 9.64 Å². The molecule has 1 aliphatic rings. The fraction of sp³-hybridized carbons (Fsp3) is 0.250. The van der Waals surface area contributed by atoms with Gasteiger partial charge in [0.1, 0.15) is 5.75 Å². The van der Waals surface area contributed by atoms with E-state index in [9.17, 15) is 9.59 Å². The average molecular weight is 350 g/mol. The minimum atomic E-state index is -0.398. The van der Waals surface area contributed by atoms with Gasteiger partial charge in [-0.3, -0.25) is 4.79 Å². The summed E-state index contributed by atoms with van der Waals surface area (Å²) in [6.45, 7) is 0.459. The summed E-state index contributed by atoms with van der Waals surface area (Å²) in [5.41, 5.74) is 2.59. The summed E-state index contributed by atoms with van der Waals surface area (Å²) in [5.74, 6) is -0.0554. The minimum Gasteiger partial charge on any atom is -0.484 e. The van der Waals surface area contributed by atoms with Crippen LogP contribution in [0.2, 0.25) is 0 Å². The zero-order chi connectivity index (χ0) is 18.5. The van der Waals surface area contributed by atoms with Gasteiger partial charge in [-0.2, -0.15) is 5.26 Å². The van der Waals surface area contributed by atoms with Crippen LogP contribution in [0.5, 0.6) is 5.75 Å². The molecular formula is C20H18N2O4. The first-order valence-electron chi connectivity index (χ1n) is 8.27. The monoisotopic (exact) mass is 350 g/mol. The zero-order valence-electron chi connectivity index (χ0n) is 14.4. The second-order valence-corrected chi connectivity index (χ2v) is 5.87. The number of rotatable bonds is 4. The number of ether oxygens (including phenoxy) is 2. The molecule has 0 aromatic heterocycles. The molecule has 6 nitrogen and oxygen atoms in total. The maximum Gasteiger partial charge on any atom is 0.338 e. The highest BCUT2D eigenvalue weighted by atomic mass is 16.5. The van der Waals surface area contributed by atoms with Crippen molar-refractivity contribution in [2.75, 3.05) is 25.2 Å². The molecule has 3 rings (SSSR count). The lowest BCUT2D eigenvalue weighted by Gasteiger charge is -2.30. The molecule has 1 heterocycles. The van der Waals surface area contributed by atoms with Crippen LogP contribution in [0.25, 0.3) is 0 Å². The molecule has 2 aromatic carbocycles. The number of carbonyl (C=O) groups excluding carboxylic acids is 2. The molecule has 0 spiro atoms. The number of benzene rings is 2. The molecule has 0 N–H and O–H groups in total. The molecule has 2 aromatic rings. The van der Waals surface area contributed by atoms with E-state index in [4.69, 9.17) is 14.7 Å². The molecule has 0 bridgehead atoms. The fourth-order valence-corrected chi connectivity index (χ4v) is 3.03. The molecule has 0 saturated heterocycles. The number of methoxy groups -OCH3 is 1. The summed E-state index contributed by atoms with van der Waals surface area (Å²) in [5, 5.41) is 8.80. The van der Waals surface area contributed by atoms with Crippen molar-refractivity contribution in [2.45, 2.75) is 12.8 Å². The van der Waals surface area contributed by atoms with Gasteiger partial charge in [0.05, 0.1) is 24.3 Å². The minimum absolute atomic E-state index is 0.117. The van der Waals surface area contributed by atoms with E-state index in [0.29, 0.717) is 23.4 Å². The number of hydrogen-bond acceptors (Lipinski definition) is 5. The summed E-state index contributed by atoms with van der Waals surface area (Å²) >= 11 is 0. The Kier molecular flexibility index (Phi) is 5.18. The topological polar surface area (TPSA) is 79.6 Å². The number of fused-ring (bicyclic) bond motifs is 1. The van der Waals surface area contributed by atoms with E-state index in [1.807, 2.05) is 12.1 Å². The Morgan fingerprint density at radius 1 is 1.19 bits per heavy atom. The van der Waals surface area contributed by atoms with Crippen molar-refractivity contribution in [1.29, 1.82) is 5.26 Å². The van der Waals surface area contributed by atoms with Crippen molar-refractivity contribution in [2.24, 2.45) is 0 Å². The summed E-state index contributed by atoms with van der Waals surface area (Å²) in [4.78, 5) is 26.2. The zero-order valence-corrected chi connectivity index (χ0v) is 14.4. The van der Waals surface area contributed by atoms with Crippen molar-refractivity contribution in [3.05, 3.63) is 59.2 Å². The van der Waals surface area contributed by atoms with Crippen molar-refractivity contribution in [1.82, 2.24) is 0 Å². The normalized spacial score (nSPS) is 12.7. The number of esters is 1. The van der Waals surface area contributed by atoms with Gasteiger partial charge in [0.25, 0.3) is 5.91 Å². The Morgan fingerprint density at radius 2 is 1.96 bits per heavy atom. The van der Waals surface area contributed by atoms with Gasteiger partial charge in [-0.25, -0.2) is 4.79 Å². The highest BCUT2D eigenvalue weighted by Gasteiger charge is 2.26. The van der Waals surface area contributed by atoms with Crippen LogP contribution in [0.15, 0.2) is 42.5 Å². The molecule has 1 aliphatic heterocycles. The van der Waals surface area contributed by atoms with E-state index in [1.54, 1.807) is 41.3 Å². The molecule has 0 saturated carbocycles. The van der Waals surface area contributed by atoms with Crippen LogP contribution in [0.1, 0.15) is 27.9 Å². The average Bonchev–Trinajstić information content (AvgIpc) is 2.70. The maximum atomic E-state index is 12.6. The molecule has 1 amide bonds. The van der Waals surface area contributed by atoms with Gasteiger partial charge < -0.3 is 14.4 Å². The first-order chi connectivity index (χ1) is 12.6. The third-order valence-electron chi connectivity index (χ3n) is 4.30. The molecule has 0 fully saturated rings. The first kappa shape index (κ1) is 17.5. The summed E-state index contributed by atoms with van der Waals surface area (Å²) in [6, 6.07) is 13.9. The second-order valence-electron chi connectivity index (χ2n) is 5.87. The van der Waals surface area contributed by atoms with Gasteiger partial charge in [-0.05, 0) is 54.8 Å². The number of amides is 1. The Bertz CT molecular complexity index is 868.